The zero-order valence-corrected chi connectivity index (χ0v) is 19.0. The molecule has 0 fully saturated rings. The van der Waals surface area contributed by atoms with E-state index in [1.54, 1.807) is 43.3 Å². The Morgan fingerprint density at radius 1 is 1.00 bits per heavy atom. The highest BCUT2D eigenvalue weighted by atomic mass is 32.2. The average Bonchev–Trinajstić information content (AvgIpc) is 2.66. The number of hydrogen-bond acceptors (Lipinski definition) is 6. The van der Waals surface area contributed by atoms with Crippen molar-refractivity contribution in [2.75, 3.05) is 30.0 Å². The van der Waals surface area contributed by atoms with Crippen LogP contribution in [0.25, 0.3) is 0 Å². The van der Waals surface area contributed by atoms with E-state index in [1.165, 1.54) is 12.1 Å². The van der Waals surface area contributed by atoms with Gasteiger partial charge in [-0.25, -0.2) is 16.8 Å². The Balaban J connectivity index is 2.12. The number of anilines is 1. The van der Waals surface area contributed by atoms with Crippen molar-refractivity contribution in [2.45, 2.75) is 24.8 Å². The first-order valence-electron chi connectivity index (χ1n) is 9.21. The molecule has 0 aliphatic rings. The van der Waals surface area contributed by atoms with Crippen molar-refractivity contribution < 1.29 is 26.4 Å². The zero-order valence-electron chi connectivity index (χ0n) is 17.3. The number of nitrogens with zero attached hydrogens (tertiary/aromatic N) is 1. The third-order valence-electron chi connectivity index (χ3n) is 4.31. The van der Waals surface area contributed by atoms with E-state index in [4.69, 9.17) is 4.74 Å². The molecule has 1 amide bonds. The molecule has 2 rings (SSSR count). The van der Waals surface area contributed by atoms with Crippen LogP contribution in [-0.4, -0.2) is 48.4 Å². The summed E-state index contributed by atoms with van der Waals surface area (Å²) in [6.07, 6.45) is 2.15. The third kappa shape index (κ3) is 6.46. The molecule has 0 spiro atoms. The summed E-state index contributed by atoms with van der Waals surface area (Å²) in [6.45, 7) is 3.67. The molecule has 0 saturated heterocycles. The highest BCUT2D eigenvalue weighted by Gasteiger charge is 2.22. The standard InChI is InChI=1S/C20H26N2O6S2/c1-5-28-18-10-8-17(9-11-18)22(30(4,26)27)14-20(23)21-15(2)16-6-12-19(13-7-16)29(3,24)25/h6-13,15H,5,14H2,1-4H3,(H,21,23)/t15-/m0/s1. The summed E-state index contributed by atoms with van der Waals surface area (Å²) < 4.78 is 53.9. The van der Waals surface area contributed by atoms with Crippen LogP contribution < -0.4 is 14.4 Å². The monoisotopic (exact) mass is 454 g/mol. The highest BCUT2D eigenvalue weighted by Crippen LogP contribution is 2.22. The summed E-state index contributed by atoms with van der Waals surface area (Å²) in [6, 6.07) is 12.2. The van der Waals surface area contributed by atoms with Crippen LogP contribution in [0.5, 0.6) is 5.75 Å². The fourth-order valence-electron chi connectivity index (χ4n) is 2.78. The number of sulfonamides is 1. The number of sulfone groups is 1. The molecule has 0 saturated carbocycles. The number of amides is 1. The van der Waals surface area contributed by atoms with Gasteiger partial charge in [-0.3, -0.25) is 9.10 Å². The van der Waals surface area contributed by atoms with Crippen molar-refractivity contribution in [3.63, 3.8) is 0 Å². The van der Waals surface area contributed by atoms with Gasteiger partial charge in [0.1, 0.15) is 12.3 Å². The Morgan fingerprint density at radius 3 is 2.03 bits per heavy atom. The van der Waals surface area contributed by atoms with Gasteiger partial charge in [0.2, 0.25) is 15.9 Å². The SMILES string of the molecule is CCOc1ccc(N(CC(=O)N[C@@H](C)c2ccc(S(C)(=O)=O)cc2)S(C)(=O)=O)cc1. The quantitative estimate of drug-likeness (QED) is 0.622. The molecule has 2 aromatic carbocycles. The molecule has 1 N–H and O–H groups in total. The summed E-state index contributed by atoms with van der Waals surface area (Å²) in [4.78, 5) is 12.7. The second kappa shape index (κ2) is 9.48. The van der Waals surface area contributed by atoms with E-state index in [-0.39, 0.29) is 4.90 Å². The number of carbonyl (C=O) groups excluding carboxylic acids is 1. The van der Waals surface area contributed by atoms with Gasteiger partial charge in [-0.05, 0) is 55.8 Å². The van der Waals surface area contributed by atoms with Gasteiger partial charge in [0, 0.05) is 6.26 Å². The van der Waals surface area contributed by atoms with Gasteiger partial charge < -0.3 is 10.1 Å². The van der Waals surface area contributed by atoms with E-state index in [9.17, 15) is 21.6 Å². The lowest BCUT2D eigenvalue weighted by atomic mass is 10.1. The van der Waals surface area contributed by atoms with E-state index < -0.39 is 38.4 Å². The second-order valence-corrected chi connectivity index (χ2v) is 10.7. The number of hydrogen-bond donors (Lipinski definition) is 1. The first-order valence-corrected chi connectivity index (χ1v) is 13.0. The molecule has 0 aliphatic heterocycles. The number of rotatable bonds is 9. The summed E-state index contributed by atoms with van der Waals surface area (Å²) >= 11 is 0. The van der Waals surface area contributed by atoms with Crippen LogP contribution in [0.3, 0.4) is 0 Å². The maximum Gasteiger partial charge on any atom is 0.241 e. The molecule has 0 heterocycles. The summed E-state index contributed by atoms with van der Waals surface area (Å²) in [5, 5.41) is 2.74. The topological polar surface area (TPSA) is 110 Å². The molecule has 0 radical (unpaired) electrons. The molecule has 0 aliphatic carbocycles. The molecule has 0 aromatic heterocycles. The van der Waals surface area contributed by atoms with Gasteiger partial charge in [0.15, 0.2) is 9.84 Å². The highest BCUT2D eigenvalue weighted by molar-refractivity contribution is 7.92. The lowest BCUT2D eigenvalue weighted by molar-refractivity contribution is -0.120. The molecule has 0 bridgehead atoms. The van der Waals surface area contributed by atoms with E-state index in [0.29, 0.717) is 23.6 Å². The number of benzene rings is 2. The number of ether oxygens (including phenoxy) is 1. The maximum absolute atomic E-state index is 12.5. The summed E-state index contributed by atoms with van der Waals surface area (Å²) in [7, 11) is -7.00. The Hall–Kier alpha value is -2.59. The molecule has 8 nitrogen and oxygen atoms in total. The molecule has 2 aromatic rings. The first kappa shape index (κ1) is 23.7. The minimum Gasteiger partial charge on any atom is -0.494 e. The minimum absolute atomic E-state index is 0.184. The van der Waals surface area contributed by atoms with Gasteiger partial charge in [-0.1, -0.05) is 12.1 Å². The lowest BCUT2D eigenvalue weighted by Crippen LogP contribution is -2.41. The van der Waals surface area contributed by atoms with E-state index in [1.807, 2.05) is 6.92 Å². The van der Waals surface area contributed by atoms with Crippen LogP contribution in [0.2, 0.25) is 0 Å². The average molecular weight is 455 g/mol. The predicted molar refractivity (Wildman–Crippen MR) is 116 cm³/mol. The summed E-state index contributed by atoms with van der Waals surface area (Å²) in [5.74, 6) is 0.110. The van der Waals surface area contributed by atoms with Gasteiger partial charge in [-0.15, -0.1) is 0 Å². The van der Waals surface area contributed by atoms with Gasteiger partial charge in [0.05, 0.1) is 29.5 Å². The smallest absolute Gasteiger partial charge is 0.241 e. The normalized spacial score (nSPS) is 12.8. The second-order valence-electron chi connectivity index (χ2n) is 6.83. The first-order chi connectivity index (χ1) is 13.9. The minimum atomic E-state index is -3.70. The van der Waals surface area contributed by atoms with E-state index >= 15 is 0 Å². The fourth-order valence-corrected chi connectivity index (χ4v) is 4.27. The predicted octanol–water partition coefficient (Wildman–Crippen LogP) is 2.13. The molecule has 1 atom stereocenters. The fraction of sp³-hybridized carbons (Fsp3) is 0.350. The van der Waals surface area contributed by atoms with Crippen LogP contribution >= 0.6 is 0 Å². The lowest BCUT2D eigenvalue weighted by Gasteiger charge is -2.23. The number of nitrogens with one attached hydrogen (secondary N) is 1. The van der Waals surface area contributed by atoms with Crippen molar-refractivity contribution in [1.82, 2.24) is 5.32 Å². The van der Waals surface area contributed by atoms with Crippen molar-refractivity contribution in [3.05, 3.63) is 54.1 Å². The van der Waals surface area contributed by atoms with Crippen LogP contribution in [0.4, 0.5) is 5.69 Å². The van der Waals surface area contributed by atoms with Crippen LogP contribution in [-0.2, 0) is 24.7 Å². The van der Waals surface area contributed by atoms with Crippen LogP contribution in [0.15, 0.2) is 53.4 Å². The zero-order chi connectivity index (χ0) is 22.5. The molecular weight excluding hydrogens is 428 g/mol. The van der Waals surface area contributed by atoms with Crippen molar-refractivity contribution in [1.29, 1.82) is 0 Å². The Labute approximate surface area is 177 Å². The Kier molecular flexibility index (Phi) is 7.49. The van der Waals surface area contributed by atoms with Crippen LogP contribution in [0, 0.1) is 0 Å². The Bertz CT molecular complexity index is 1080. The van der Waals surface area contributed by atoms with Gasteiger partial charge in [0.25, 0.3) is 0 Å². The Morgan fingerprint density at radius 2 is 1.57 bits per heavy atom. The molecule has 30 heavy (non-hydrogen) atoms. The van der Waals surface area contributed by atoms with Crippen molar-refractivity contribution in [3.8, 4) is 5.75 Å². The van der Waals surface area contributed by atoms with Crippen molar-refractivity contribution in [2.24, 2.45) is 0 Å². The van der Waals surface area contributed by atoms with Gasteiger partial charge >= 0.3 is 0 Å². The maximum atomic E-state index is 12.5. The molecule has 0 unspecified atom stereocenters. The summed E-state index contributed by atoms with van der Waals surface area (Å²) in [5.41, 5.74) is 1.05. The molecular formula is C20H26N2O6S2. The van der Waals surface area contributed by atoms with Crippen LogP contribution in [0.1, 0.15) is 25.5 Å². The van der Waals surface area contributed by atoms with Gasteiger partial charge in [-0.2, -0.15) is 0 Å². The largest absolute Gasteiger partial charge is 0.494 e. The van der Waals surface area contributed by atoms with E-state index in [2.05, 4.69) is 5.32 Å². The molecule has 10 heteroatoms. The molecule has 164 valence electrons. The third-order valence-corrected chi connectivity index (χ3v) is 6.58. The number of carbonyl (C=O) groups is 1. The van der Waals surface area contributed by atoms with Crippen molar-refractivity contribution >= 4 is 31.5 Å². The van der Waals surface area contributed by atoms with E-state index in [0.717, 1.165) is 16.8 Å².